The number of amides is 1. The van der Waals surface area contributed by atoms with E-state index in [4.69, 9.17) is 19.3 Å². The topological polar surface area (TPSA) is 63.6 Å². The molecule has 2 heterocycles. The summed E-state index contributed by atoms with van der Waals surface area (Å²) in [5.41, 5.74) is 1.65. The number of hydrogen-bond donors (Lipinski definition) is 0. The van der Waals surface area contributed by atoms with E-state index in [2.05, 4.69) is 11.8 Å². The van der Waals surface area contributed by atoms with E-state index in [-0.39, 0.29) is 16.7 Å². The zero-order valence-corrected chi connectivity index (χ0v) is 17.9. The Hall–Kier alpha value is -1.84. The third-order valence-corrected chi connectivity index (χ3v) is 6.34. The van der Waals surface area contributed by atoms with Crippen LogP contribution in [0.1, 0.15) is 32.3 Å². The minimum atomic E-state index is -0.926. The second-order valence-electron chi connectivity index (χ2n) is 6.77. The fourth-order valence-electron chi connectivity index (χ4n) is 3.63. The standard InChI is InChI=1S/C20H28FN3O4S/c1-4-17-19(14-6-7-15(28-13-21)16(12-14)26-3)22-24(20(25)29-17)18(5-2)23-8-10-27-11-9-23/h6-7,12,17-18H,4-5,8-11,13H2,1-3H3. The number of hydrazone groups is 1. The van der Waals surface area contributed by atoms with Crippen LogP contribution in [0.3, 0.4) is 0 Å². The number of carbonyl (C=O) groups is 1. The molecule has 0 aromatic heterocycles. The summed E-state index contributed by atoms with van der Waals surface area (Å²) in [7, 11) is 1.51. The van der Waals surface area contributed by atoms with E-state index in [1.165, 1.54) is 18.9 Å². The van der Waals surface area contributed by atoms with Crippen molar-refractivity contribution in [1.29, 1.82) is 0 Å². The van der Waals surface area contributed by atoms with Crippen molar-refractivity contribution in [1.82, 2.24) is 9.91 Å². The molecular weight excluding hydrogens is 397 g/mol. The molecule has 3 rings (SSSR count). The lowest BCUT2D eigenvalue weighted by Crippen LogP contribution is -2.53. The van der Waals surface area contributed by atoms with Crippen LogP contribution >= 0.6 is 11.8 Å². The normalized spacial score (nSPS) is 21.7. The first-order chi connectivity index (χ1) is 14.1. The summed E-state index contributed by atoms with van der Waals surface area (Å²) in [4.78, 5) is 15.1. The maximum absolute atomic E-state index is 12.9. The molecule has 1 aromatic rings. The molecule has 29 heavy (non-hydrogen) atoms. The Labute approximate surface area is 175 Å². The average molecular weight is 426 g/mol. The predicted octanol–water partition coefficient (Wildman–Crippen LogP) is 3.72. The first-order valence-electron chi connectivity index (χ1n) is 9.90. The maximum atomic E-state index is 12.9. The minimum absolute atomic E-state index is 0.0386. The predicted molar refractivity (Wildman–Crippen MR) is 112 cm³/mol. The second kappa shape index (κ2) is 10.3. The van der Waals surface area contributed by atoms with E-state index in [0.29, 0.717) is 24.7 Å². The van der Waals surface area contributed by atoms with Crippen LogP contribution in [0.2, 0.25) is 0 Å². The Morgan fingerprint density at radius 1 is 1.31 bits per heavy atom. The number of halogens is 1. The van der Waals surface area contributed by atoms with Gasteiger partial charge in [-0.25, -0.2) is 9.40 Å². The molecule has 7 nitrogen and oxygen atoms in total. The first-order valence-corrected chi connectivity index (χ1v) is 10.8. The summed E-state index contributed by atoms with van der Waals surface area (Å²) in [6, 6.07) is 5.30. The molecule has 2 aliphatic heterocycles. The van der Waals surface area contributed by atoms with Crippen molar-refractivity contribution >= 4 is 22.7 Å². The highest BCUT2D eigenvalue weighted by Crippen LogP contribution is 2.34. The van der Waals surface area contributed by atoms with E-state index in [9.17, 15) is 9.18 Å². The number of rotatable bonds is 8. The highest BCUT2D eigenvalue weighted by molar-refractivity contribution is 8.14. The molecule has 2 aliphatic rings. The van der Waals surface area contributed by atoms with Gasteiger partial charge in [-0.3, -0.25) is 9.69 Å². The van der Waals surface area contributed by atoms with Crippen LogP contribution in [-0.2, 0) is 4.74 Å². The number of nitrogens with zero attached hydrogens (tertiary/aromatic N) is 3. The molecule has 0 saturated carbocycles. The summed E-state index contributed by atoms with van der Waals surface area (Å²) in [5, 5.41) is 6.32. The molecule has 160 valence electrons. The van der Waals surface area contributed by atoms with Crippen LogP contribution in [0, 0.1) is 0 Å². The van der Waals surface area contributed by atoms with Crippen LogP contribution in [0.4, 0.5) is 9.18 Å². The Morgan fingerprint density at radius 3 is 2.69 bits per heavy atom. The van der Waals surface area contributed by atoms with Crippen LogP contribution in [0.15, 0.2) is 23.3 Å². The van der Waals surface area contributed by atoms with Crippen molar-refractivity contribution in [2.75, 3.05) is 40.3 Å². The fraction of sp³-hybridized carbons (Fsp3) is 0.600. The van der Waals surface area contributed by atoms with Crippen molar-refractivity contribution in [2.45, 2.75) is 38.1 Å². The second-order valence-corrected chi connectivity index (χ2v) is 7.92. The average Bonchev–Trinajstić information content (AvgIpc) is 2.76. The van der Waals surface area contributed by atoms with Crippen molar-refractivity contribution in [3.05, 3.63) is 23.8 Å². The van der Waals surface area contributed by atoms with Gasteiger partial charge in [-0.05, 0) is 31.0 Å². The molecule has 9 heteroatoms. The first kappa shape index (κ1) is 21.9. The molecule has 1 saturated heterocycles. The summed E-state index contributed by atoms with van der Waals surface area (Å²) in [6.07, 6.45) is 1.43. The monoisotopic (exact) mass is 425 g/mol. The van der Waals surface area contributed by atoms with E-state index in [1.807, 2.05) is 13.0 Å². The van der Waals surface area contributed by atoms with Crippen molar-refractivity contribution in [3.8, 4) is 11.5 Å². The molecule has 2 atom stereocenters. The number of ether oxygens (including phenoxy) is 3. The zero-order valence-electron chi connectivity index (χ0n) is 17.1. The molecule has 0 aliphatic carbocycles. The highest BCUT2D eigenvalue weighted by atomic mass is 32.2. The Kier molecular flexibility index (Phi) is 7.74. The molecule has 0 bridgehead atoms. The van der Waals surface area contributed by atoms with Gasteiger partial charge in [-0.15, -0.1) is 0 Å². The molecular formula is C20H28FN3O4S. The molecule has 0 radical (unpaired) electrons. The summed E-state index contributed by atoms with van der Waals surface area (Å²) < 4.78 is 28.4. The highest BCUT2D eigenvalue weighted by Gasteiger charge is 2.36. The minimum Gasteiger partial charge on any atom is -0.493 e. The Balaban J connectivity index is 1.96. The summed E-state index contributed by atoms with van der Waals surface area (Å²) in [6.45, 7) is 6.04. The lowest BCUT2D eigenvalue weighted by atomic mass is 10.0. The Morgan fingerprint density at radius 2 is 2.07 bits per heavy atom. The number of carbonyl (C=O) groups excluding carboxylic acids is 1. The van der Waals surface area contributed by atoms with Gasteiger partial charge in [-0.1, -0.05) is 25.6 Å². The lowest BCUT2D eigenvalue weighted by Gasteiger charge is -2.40. The fourth-order valence-corrected chi connectivity index (χ4v) is 4.60. The smallest absolute Gasteiger partial charge is 0.303 e. The molecule has 2 unspecified atom stereocenters. The van der Waals surface area contributed by atoms with Gasteiger partial charge in [0.15, 0.2) is 11.5 Å². The molecule has 1 fully saturated rings. The maximum Gasteiger partial charge on any atom is 0.303 e. The van der Waals surface area contributed by atoms with Crippen LogP contribution in [-0.4, -0.2) is 72.5 Å². The van der Waals surface area contributed by atoms with Gasteiger partial charge in [0, 0.05) is 18.7 Å². The number of morpholine rings is 1. The number of methoxy groups -OCH3 is 1. The zero-order chi connectivity index (χ0) is 20.8. The third kappa shape index (κ3) is 4.84. The van der Waals surface area contributed by atoms with Gasteiger partial charge >= 0.3 is 5.24 Å². The lowest BCUT2D eigenvalue weighted by molar-refractivity contribution is -0.0191. The van der Waals surface area contributed by atoms with Gasteiger partial charge in [-0.2, -0.15) is 5.10 Å². The van der Waals surface area contributed by atoms with Crippen LogP contribution in [0.5, 0.6) is 11.5 Å². The van der Waals surface area contributed by atoms with Crippen molar-refractivity contribution in [2.24, 2.45) is 5.10 Å². The van der Waals surface area contributed by atoms with E-state index in [1.54, 1.807) is 17.1 Å². The summed E-state index contributed by atoms with van der Waals surface area (Å²) in [5.74, 6) is 0.773. The van der Waals surface area contributed by atoms with Gasteiger partial charge in [0.2, 0.25) is 6.86 Å². The van der Waals surface area contributed by atoms with Gasteiger partial charge in [0.05, 0.1) is 31.3 Å². The van der Waals surface area contributed by atoms with Gasteiger partial charge < -0.3 is 14.2 Å². The van der Waals surface area contributed by atoms with Crippen LogP contribution < -0.4 is 9.47 Å². The number of thioether (sulfide) groups is 1. The van der Waals surface area contributed by atoms with Crippen LogP contribution in [0.25, 0.3) is 0 Å². The molecule has 1 amide bonds. The SMILES string of the molecule is CCC1SC(=O)N(C(CC)N2CCOCC2)N=C1c1ccc(OCF)c(OC)c1. The molecule has 1 aromatic carbocycles. The Bertz CT molecular complexity index is 742. The largest absolute Gasteiger partial charge is 0.493 e. The quantitative estimate of drug-likeness (QED) is 0.633. The van der Waals surface area contributed by atoms with Crippen molar-refractivity contribution in [3.63, 3.8) is 0 Å². The summed E-state index contributed by atoms with van der Waals surface area (Å²) >= 11 is 1.30. The van der Waals surface area contributed by atoms with E-state index in [0.717, 1.165) is 37.2 Å². The number of alkyl halides is 1. The van der Waals surface area contributed by atoms with Gasteiger partial charge in [0.1, 0.15) is 6.17 Å². The third-order valence-electron chi connectivity index (χ3n) is 5.11. The number of benzene rings is 1. The number of hydrogen-bond acceptors (Lipinski definition) is 7. The van der Waals surface area contributed by atoms with Gasteiger partial charge in [0.25, 0.3) is 0 Å². The molecule has 0 N–H and O–H groups in total. The molecule has 0 spiro atoms. The van der Waals surface area contributed by atoms with E-state index < -0.39 is 6.86 Å². The van der Waals surface area contributed by atoms with E-state index >= 15 is 0 Å². The van der Waals surface area contributed by atoms with Crippen molar-refractivity contribution < 1.29 is 23.4 Å².